The fourth-order valence-corrected chi connectivity index (χ4v) is 1.50. The minimum atomic E-state index is 0.306. The third-order valence-corrected chi connectivity index (χ3v) is 2.69. The van der Waals surface area contributed by atoms with Crippen LogP contribution in [-0.4, -0.2) is 30.2 Å². The molecular weight excluding hydrogens is 174 g/mol. The summed E-state index contributed by atoms with van der Waals surface area (Å²) >= 11 is 5.99. The van der Waals surface area contributed by atoms with E-state index in [9.17, 15) is 0 Å². The maximum absolute atomic E-state index is 5.99. The van der Waals surface area contributed by atoms with Crippen LogP contribution >= 0.6 is 11.6 Å². The summed E-state index contributed by atoms with van der Waals surface area (Å²) in [6.45, 7) is 3.96. The lowest BCUT2D eigenvalue weighted by Crippen LogP contribution is -2.33. The summed E-state index contributed by atoms with van der Waals surface area (Å²) in [6, 6.07) is 0.306. The first-order valence-electron chi connectivity index (χ1n) is 4.18. The SMILES string of the molecule is CC1C(Cl)=CC=CN1CC1CO1. The van der Waals surface area contributed by atoms with Gasteiger partial charge in [-0.15, -0.1) is 0 Å². The molecule has 2 aliphatic heterocycles. The standard InChI is InChI=1S/C9H12ClNO/c1-7-9(10)3-2-4-11(7)5-8-6-12-8/h2-4,7-8H,5-6H2,1H3. The molecule has 0 spiro atoms. The van der Waals surface area contributed by atoms with Gasteiger partial charge in [0.05, 0.1) is 18.8 Å². The molecule has 66 valence electrons. The minimum absolute atomic E-state index is 0.306. The molecule has 3 heteroatoms. The maximum Gasteiger partial charge on any atom is 0.0984 e. The van der Waals surface area contributed by atoms with Crippen molar-refractivity contribution >= 4 is 11.6 Å². The molecule has 0 aromatic rings. The Balaban J connectivity index is 1.97. The van der Waals surface area contributed by atoms with Crippen molar-refractivity contribution < 1.29 is 4.74 Å². The lowest BCUT2D eigenvalue weighted by atomic mass is 10.2. The highest BCUT2D eigenvalue weighted by molar-refractivity contribution is 6.30. The van der Waals surface area contributed by atoms with Crippen LogP contribution in [0.25, 0.3) is 0 Å². The molecular formula is C9H12ClNO. The average molecular weight is 186 g/mol. The third-order valence-electron chi connectivity index (χ3n) is 2.25. The molecule has 0 bridgehead atoms. The van der Waals surface area contributed by atoms with Crippen molar-refractivity contribution in [1.82, 2.24) is 4.90 Å². The van der Waals surface area contributed by atoms with Gasteiger partial charge in [-0.25, -0.2) is 0 Å². The van der Waals surface area contributed by atoms with Crippen LogP contribution in [0.2, 0.25) is 0 Å². The molecule has 2 aliphatic rings. The Morgan fingerprint density at radius 2 is 2.50 bits per heavy atom. The number of hydrogen-bond donors (Lipinski definition) is 0. The molecule has 12 heavy (non-hydrogen) atoms. The topological polar surface area (TPSA) is 15.8 Å². The van der Waals surface area contributed by atoms with E-state index in [4.69, 9.17) is 16.3 Å². The van der Waals surface area contributed by atoms with Crippen molar-refractivity contribution in [3.8, 4) is 0 Å². The van der Waals surface area contributed by atoms with Gasteiger partial charge in [0, 0.05) is 11.6 Å². The van der Waals surface area contributed by atoms with Crippen LogP contribution in [-0.2, 0) is 4.74 Å². The van der Waals surface area contributed by atoms with Crippen LogP contribution in [0.5, 0.6) is 0 Å². The van der Waals surface area contributed by atoms with E-state index in [-0.39, 0.29) is 0 Å². The lowest BCUT2D eigenvalue weighted by molar-refractivity contribution is 0.281. The summed E-state index contributed by atoms with van der Waals surface area (Å²) in [5.41, 5.74) is 0. The first-order chi connectivity index (χ1) is 5.77. The van der Waals surface area contributed by atoms with Gasteiger partial charge in [0.15, 0.2) is 0 Å². The Bertz CT molecular complexity index is 233. The van der Waals surface area contributed by atoms with Gasteiger partial charge in [0.25, 0.3) is 0 Å². The van der Waals surface area contributed by atoms with Gasteiger partial charge in [-0.05, 0) is 25.3 Å². The fraction of sp³-hybridized carbons (Fsp3) is 0.556. The largest absolute Gasteiger partial charge is 0.371 e. The second-order valence-electron chi connectivity index (χ2n) is 3.22. The molecule has 0 aromatic carbocycles. The molecule has 1 saturated heterocycles. The number of hydrogen-bond acceptors (Lipinski definition) is 2. The second-order valence-corrected chi connectivity index (χ2v) is 3.66. The zero-order valence-electron chi connectivity index (χ0n) is 7.03. The third kappa shape index (κ3) is 1.65. The van der Waals surface area contributed by atoms with E-state index < -0.39 is 0 Å². The highest BCUT2D eigenvalue weighted by Crippen LogP contribution is 2.22. The van der Waals surface area contributed by atoms with Gasteiger partial charge < -0.3 is 9.64 Å². The molecule has 0 aliphatic carbocycles. The number of nitrogens with zero attached hydrogens (tertiary/aromatic N) is 1. The summed E-state index contributed by atoms with van der Waals surface area (Å²) in [7, 11) is 0. The summed E-state index contributed by atoms with van der Waals surface area (Å²) in [5.74, 6) is 0. The smallest absolute Gasteiger partial charge is 0.0984 e. The van der Waals surface area contributed by atoms with Crippen LogP contribution in [0.1, 0.15) is 6.92 Å². The van der Waals surface area contributed by atoms with E-state index in [0.29, 0.717) is 12.1 Å². The minimum Gasteiger partial charge on any atom is -0.371 e. The van der Waals surface area contributed by atoms with E-state index in [1.807, 2.05) is 12.2 Å². The Morgan fingerprint density at radius 1 is 1.75 bits per heavy atom. The summed E-state index contributed by atoms with van der Waals surface area (Å²) in [4.78, 5) is 2.21. The Morgan fingerprint density at radius 3 is 3.17 bits per heavy atom. The van der Waals surface area contributed by atoms with Crippen molar-refractivity contribution in [2.24, 2.45) is 0 Å². The van der Waals surface area contributed by atoms with Crippen LogP contribution in [0.3, 0.4) is 0 Å². The highest BCUT2D eigenvalue weighted by atomic mass is 35.5. The number of halogens is 1. The van der Waals surface area contributed by atoms with Crippen molar-refractivity contribution in [1.29, 1.82) is 0 Å². The second kappa shape index (κ2) is 3.11. The molecule has 0 saturated carbocycles. The first-order valence-corrected chi connectivity index (χ1v) is 4.56. The lowest BCUT2D eigenvalue weighted by Gasteiger charge is -2.28. The van der Waals surface area contributed by atoms with Crippen LogP contribution in [0.4, 0.5) is 0 Å². The maximum atomic E-state index is 5.99. The quantitative estimate of drug-likeness (QED) is 0.609. The van der Waals surface area contributed by atoms with Crippen molar-refractivity contribution in [2.45, 2.75) is 19.1 Å². The Labute approximate surface area is 77.4 Å². The highest BCUT2D eigenvalue weighted by Gasteiger charge is 2.27. The van der Waals surface area contributed by atoms with E-state index in [2.05, 4.69) is 18.0 Å². The molecule has 0 aromatic heterocycles. The normalized spacial score (nSPS) is 33.5. The van der Waals surface area contributed by atoms with Gasteiger partial charge in [-0.3, -0.25) is 0 Å². The van der Waals surface area contributed by atoms with E-state index >= 15 is 0 Å². The van der Waals surface area contributed by atoms with Crippen molar-refractivity contribution in [2.75, 3.05) is 13.2 Å². The molecule has 2 nitrogen and oxygen atoms in total. The zero-order chi connectivity index (χ0) is 8.55. The van der Waals surface area contributed by atoms with Crippen molar-refractivity contribution in [3.63, 3.8) is 0 Å². The molecule has 0 N–H and O–H groups in total. The summed E-state index contributed by atoms with van der Waals surface area (Å²) < 4.78 is 5.16. The van der Waals surface area contributed by atoms with Gasteiger partial charge >= 0.3 is 0 Å². The van der Waals surface area contributed by atoms with E-state index in [0.717, 1.165) is 18.2 Å². The molecule has 2 unspecified atom stereocenters. The van der Waals surface area contributed by atoms with Gasteiger partial charge in [0.2, 0.25) is 0 Å². The first kappa shape index (κ1) is 8.14. The number of allylic oxidation sites excluding steroid dienone is 2. The van der Waals surface area contributed by atoms with Gasteiger partial charge in [-0.1, -0.05) is 11.6 Å². The van der Waals surface area contributed by atoms with Crippen LogP contribution in [0, 0.1) is 0 Å². The predicted octanol–water partition coefficient (Wildman–Crippen LogP) is 1.73. The molecule has 2 rings (SSSR count). The predicted molar refractivity (Wildman–Crippen MR) is 49.0 cm³/mol. The molecule has 2 atom stereocenters. The summed E-state index contributed by atoms with van der Waals surface area (Å²) in [5, 5.41) is 0.901. The summed E-state index contributed by atoms with van der Waals surface area (Å²) in [6.07, 6.45) is 6.42. The van der Waals surface area contributed by atoms with Gasteiger partial charge in [-0.2, -0.15) is 0 Å². The molecule has 0 radical (unpaired) electrons. The van der Waals surface area contributed by atoms with Gasteiger partial charge in [0.1, 0.15) is 0 Å². The fourth-order valence-electron chi connectivity index (χ4n) is 1.30. The molecule has 2 heterocycles. The molecule has 0 amide bonds. The Kier molecular flexibility index (Phi) is 2.11. The number of rotatable bonds is 2. The zero-order valence-corrected chi connectivity index (χ0v) is 7.79. The van der Waals surface area contributed by atoms with E-state index in [1.165, 1.54) is 0 Å². The van der Waals surface area contributed by atoms with Crippen LogP contribution in [0.15, 0.2) is 23.4 Å². The monoisotopic (exact) mass is 185 g/mol. The van der Waals surface area contributed by atoms with Crippen molar-refractivity contribution in [3.05, 3.63) is 23.4 Å². The Hall–Kier alpha value is -0.470. The number of epoxide rings is 1. The average Bonchev–Trinajstić information content (AvgIpc) is 2.83. The van der Waals surface area contributed by atoms with Crippen LogP contribution < -0.4 is 0 Å². The van der Waals surface area contributed by atoms with E-state index in [1.54, 1.807) is 0 Å². The molecule has 1 fully saturated rings. The number of ether oxygens (including phenoxy) is 1.